The van der Waals surface area contributed by atoms with Crippen LogP contribution in [0.15, 0.2) is 28.8 Å². The molecule has 0 spiro atoms. The summed E-state index contributed by atoms with van der Waals surface area (Å²) in [4.78, 5) is 0. The molecule has 1 aromatic heterocycles. The Bertz CT molecular complexity index is 546. The second kappa shape index (κ2) is 8.73. The van der Waals surface area contributed by atoms with Crippen molar-refractivity contribution in [2.75, 3.05) is 19.0 Å². The maximum absolute atomic E-state index is 5.73. The van der Waals surface area contributed by atoms with E-state index in [1.54, 1.807) is 0 Å². The standard InChI is InChI=1S/C17H23NO3S/c1-4-9-19-15-5-7-16(8-6-15)20-10-11-22-12-17-13(2)18-21-14(17)3/h5-8H,4,9-12H2,1-3H3. The van der Waals surface area contributed by atoms with Crippen LogP contribution in [-0.2, 0) is 5.75 Å². The van der Waals surface area contributed by atoms with Gasteiger partial charge in [-0.2, -0.15) is 11.8 Å². The van der Waals surface area contributed by atoms with Gasteiger partial charge < -0.3 is 14.0 Å². The van der Waals surface area contributed by atoms with Crippen LogP contribution in [0.2, 0.25) is 0 Å². The number of thioether (sulfide) groups is 1. The molecule has 0 N–H and O–H groups in total. The zero-order valence-electron chi connectivity index (χ0n) is 13.4. The molecule has 4 nitrogen and oxygen atoms in total. The van der Waals surface area contributed by atoms with Gasteiger partial charge in [-0.3, -0.25) is 0 Å². The van der Waals surface area contributed by atoms with Gasteiger partial charge in [0, 0.05) is 17.1 Å². The first kappa shape index (κ1) is 16.7. The Morgan fingerprint density at radius 2 is 1.68 bits per heavy atom. The highest BCUT2D eigenvalue weighted by atomic mass is 32.2. The highest BCUT2D eigenvalue weighted by Crippen LogP contribution is 2.20. The molecule has 0 aliphatic heterocycles. The van der Waals surface area contributed by atoms with Crippen LogP contribution >= 0.6 is 11.8 Å². The average Bonchev–Trinajstić information content (AvgIpc) is 2.85. The van der Waals surface area contributed by atoms with E-state index in [1.165, 1.54) is 5.56 Å². The molecule has 0 aliphatic carbocycles. The predicted molar refractivity (Wildman–Crippen MR) is 89.9 cm³/mol. The van der Waals surface area contributed by atoms with E-state index in [4.69, 9.17) is 14.0 Å². The molecule has 0 unspecified atom stereocenters. The molecule has 0 radical (unpaired) electrons. The maximum atomic E-state index is 5.73. The maximum Gasteiger partial charge on any atom is 0.137 e. The highest BCUT2D eigenvalue weighted by Gasteiger charge is 2.08. The van der Waals surface area contributed by atoms with Gasteiger partial charge in [0.25, 0.3) is 0 Å². The van der Waals surface area contributed by atoms with E-state index in [0.29, 0.717) is 6.61 Å². The normalized spacial score (nSPS) is 10.7. The number of rotatable bonds is 9. The fourth-order valence-corrected chi connectivity index (χ4v) is 2.91. The lowest BCUT2D eigenvalue weighted by molar-refractivity contribution is 0.314. The molecule has 0 saturated heterocycles. The van der Waals surface area contributed by atoms with Gasteiger partial charge in [-0.1, -0.05) is 12.1 Å². The van der Waals surface area contributed by atoms with E-state index in [1.807, 2.05) is 49.9 Å². The van der Waals surface area contributed by atoms with E-state index in [2.05, 4.69) is 12.1 Å². The van der Waals surface area contributed by atoms with Gasteiger partial charge in [-0.05, 0) is 44.5 Å². The molecule has 22 heavy (non-hydrogen) atoms. The molecule has 0 saturated carbocycles. The van der Waals surface area contributed by atoms with Crippen LogP contribution in [0.5, 0.6) is 11.5 Å². The molecule has 0 aliphatic rings. The van der Waals surface area contributed by atoms with Gasteiger partial charge >= 0.3 is 0 Å². The minimum absolute atomic E-state index is 0.684. The van der Waals surface area contributed by atoms with Crippen molar-refractivity contribution >= 4 is 11.8 Å². The van der Waals surface area contributed by atoms with Crippen molar-refractivity contribution < 1.29 is 14.0 Å². The van der Waals surface area contributed by atoms with E-state index in [-0.39, 0.29) is 0 Å². The summed E-state index contributed by atoms with van der Waals surface area (Å²) in [6, 6.07) is 7.79. The topological polar surface area (TPSA) is 44.5 Å². The van der Waals surface area contributed by atoms with Crippen molar-refractivity contribution in [3.8, 4) is 11.5 Å². The van der Waals surface area contributed by atoms with Crippen molar-refractivity contribution in [1.82, 2.24) is 5.16 Å². The van der Waals surface area contributed by atoms with Crippen molar-refractivity contribution in [2.45, 2.75) is 32.9 Å². The van der Waals surface area contributed by atoms with E-state index < -0.39 is 0 Å². The van der Waals surface area contributed by atoms with E-state index >= 15 is 0 Å². The number of benzene rings is 1. The van der Waals surface area contributed by atoms with Crippen molar-refractivity contribution in [3.05, 3.63) is 41.3 Å². The van der Waals surface area contributed by atoms with Crippen LogP contribution in [0.1, 0.15) is 30.4 Å². The number of aryl methyl sites for hydroxylation is 2. The quantitative estimate of drug-likeness (QED) is 0.641. The molecular weight excluding hydrogens is 298 g/mol. The van der Waals surface area contributed by atoms with Crippen LogP contribution in [-0.4, -0.2) is 24.1 Å². The van der Waals surface area contributed by atoms with Crippen LogP contribution in [0, 0.1) is 13.8 Å². The molecule has 0 bridgehead atoms. The summed E-state index contributed by atoms with van der Waals surface area (Å²) < 4.78 is 16.4. The molecule has 0 amide bonds. The van der Waals surface area contributed by atoms with Gasteiger partial charge in [0.15, 0.2) is 0 Å². The van der Waals surface area contributed by atoms with Gasteiger partial charge in [0.1, 0.15) is 17.3 Å². The number of nitrogens with zero attached hydrogens (tertiary/aromatic N) is 1. The third-order valence-corrected chi connectivity index (χ3v) is 4.17. The molecule has 0 fully saturated rings. The monoisotopic (exact) mass is 321 g/mol. The van der Waals surface area contributed by atoms with Crippen LogP contribution in [0.4, 0.5) is 0 Å². The Labute approximate surface area is 136 Å². The van der Waals surface area contributed by atoms with Crippen LogP contribution in [0.3, 0.4) is 0 Å². The van der Waals surface area contributed by atoms with Crippen molar-refractivity contribution in [1.29, 1.82) is 0 Å². The minimum Gasteiger partial charge on any atom is -0.494 e. The Kier molecular flexibility index (Phi) is 6.65. The third-order valence-electron chi connectivity index (χ3n) is 3.22. The molecule has 2 rings (SSSR count). The first-order valence-corrected chi connectivity index (χ1v) is 8.71. The number of hydrogen-bond acceptors (Lipinski definition) is 5. The zero-order chi connectivity index (χ0) is 15.8. The minimum atomic E-state index is 0.684. The van der Waals surface area contributed by atoms with E-state index in [0.717, 1.165) is 47.5 Å². The van der Waals surface area contributed by atoms with Crippen molar-refractivity contribution in [2.24, 2.45) is 0 Å². The first-order valence-electron chi connectivity index (χ1n) is 7.56. The summed E-state index contributed by atoms with van der Waals surface area (Å²) in [5, 5.41) is 3.96. The predicted octanol–water partition coefficient (Wildman–Crippen LogP) is 4.39. The second-order valence-corrected chi connectivity index (χ2v) is 6.13. The summed E-state index contributed by atoms with van der Waals surface area (Å²) >= 11 is 1.82. The molecular formula is C17H23NO3S. The molecule has 0 atom stereocenters. The number of hydrogen-bond donors (Lipinski definition) is 0. The molecule has 2 aromatic rings. The lowest BCUT2D eigenvalue weighted by Gasteiger charge is -2.08. The summed E-state index contributed by atoms with van der Waals surface area (Å²) in [5.41, 5.74) is 2.18. The summed E-state index contributed by atoms with van der Waals surface area (Å²) in [6.07, 6.45) is 1.01. The number of aromatic nitrogens is 1. The molecule has 120 valence electrons. The Balaban J connectivity index is 1.66. The van der Waals surface area contributed by atoms with Gasteiger partial charge in [0.2, 0.25) is 0 Å². The summed E-state index contributed by atoms with van der Waals surface area (Å²) in [6.45, 7) is 7.46. The fourth-order valence-electron chi connectivity index (χ4n) is 1.95. The Hall–Kier alpha value is -1.62. The van der Waals surface area contributed by atoms with E-state index in [9.17, 15) is 0 Å². The molecule has 1 heterocycles. The van der Waals surface area contributed by atoms with Gasteiger partial charge in [-0.15, -0.1) is 0 Å². The van der Waals surface area contributed by atoms with Crippen LogP contribution < -0.4 is 9.47 Å². The zero-order valence-corrected chi connectivity index (χ0v) is 14.2. The smallest absolute Gasteiger partial charge is 0.137 e. The van der Waals surface area contributed by atoms with Gasteiger partial charge in [0.05, 0.1) is 18.9 Å². The summed E-state index contributed by atoms with van der Waals surface area (Å²) in [5.74, 6) is 4.52. The SMILES string of the molecule is CCCOc1ccc(OCCSCc2c(C)noc2C)cc1. The number of ether oxygens (including phenoxy) is 2. The van der Waals surface area contributed by atoms with Crippen molar-refractivity contribution in [3.63, 3.8) is 0 Å². The molecule has 5 heteroatoms. The molecule has 1 aromatic carbocycles. The highest BCUT2D eigenvalue weighted by molar-refractivity contribution is 7.98. The first-order chi connectivity index (χ1) is 10.7. The second-order valence-electron chi connectivity index (χ2n) is 5.02. The fraction of sp³-hybridized carbons (Fsp3) is 0.471. The average molecular weight is 321 g/mol. The lowest BCUT2D eigenvalue weighted by Crippen LogP contribution is -2.01. The van der Waals surface area contributed by atoms with Gasteiger partial charge in [-0.25, -0.2) is 0 Å². The Morgan fingerprint density at radius 1 is 1.05 bits per heavy atom. The Morgan fingerprint density at radius 3 is 2.23 bits per heavy atom. The van der Waals surface area contributed by atoms with Crippen LogP contribution in [0.25, 0.3) is 0 Å². The summed E-state index contributed by atoms with van der Waals surface area (Å²) in [7, 11) is 0. The lowest BCUT2D eigenvalue weighted by atomic mass is 10.2. The largest absolute Gasteiger partial charge is 0.494 e. The third kappa shape index (κ3) is 4.98.